The summed E-state index contributed by atoms with van der Waals surface area (Å²) in [6, 6.07) is 6.70. The molecule has 0 radical (unpaired) electrons. The molecule has 1 heteroatoms. The number of hydrogen-bond donors (Lipinski definition) is 0. The average molecular weight is 297 g/mol. The number of allylic oxidation sites excluding steroid dienone is 8. The molecule has 1 aromatic carbocycles. The van der Waals surface area contributed by atoms with Gasteiger partial charge in [-0.1, -0.05) is 0 Å². The van der Waals surface area contributed by atoms with Gasteiger partial charge in [-0.25, -0.2) is 0 Å². The Morgan fingerprint density at radius 3 is 2.24 bits per heavy atom. The van der Waals surface area contributed by atoms with Gasteiger partial charge in [0.25, 0.3) is 0 Å². The molecule has 0 fully saturated rings. The van der Waals surface area contributed by atoms with Gasteiger partial charge in [0.05, 0.1) is 0 Å². The van der Waals surface area contributed by atoms with Gasteiger partial charge in [0, 0.05) is 0 Å². The summed E-state index contributed by atoms with van der Waals surface area (Å²) in [7, 11) is 0. The van der Waals surface area contributed by atoms with Crippen LogP contribution in [0, 0.1) is 0 Å². The molecule has 81 valence electrons. The van der Waals surface area contributed by atoms with Crippen LogP contribution in [0.2, 0.25) is 0 Å². The van der Waals surface area contributed by atoms with Crippen LogP contribution in [0.3, 0.4) is 0 Å². The van der Waals surface area contributed by atoms with Crippen molar-refractivity contribution in [2.24, 2.45) is 0 Å². The van der Waals surface area contributed by atoms with E-state index in [1.807, 2.05) is 0 Å². The molecule has 0 aliphatic heterocycles. The summed E-state index contributed by atoms with van der Waals surface area (Å²) in [6.07, 6.45) is 15.5. The second kappa shape index (κ2) is 4.74. The number of hydrogen-bond acceptors (Lipinski definition) is 0. The first-order valence-corrected chi connectivity index (χ1v) is 7.16. The van der Waals surface area contributed by atoms with Gasteiger partial charge in [0.15, 0.2) is 0 Å². The normalized spacial score (nSPS) is 17.4. The van der Waals surface area contributed by atoms with E-state index in [0.29, 0.717) is 0 Å². The summed E-state index contributed by atoms with van der Waals surface area (Å²) in [5.41, 5.74) is 5.84. The van der Waals surface area contributed by atoms with Crippen LogP contribution in [-0.4, -0.2) is 0 Å². The van der Waals surface area contributed by atoms with Crippen LogP contribution in [0.4, 0.5) is 0 Å². The van der Waals surface area contributed by atoms with E-state index in [9.17, 15) is 0 Å². The summed E-state index contributed by atoms with van der Waals surface area (Å²) in [6.45, 7) is 0. The van der Waals surface area contributed by atoms with Crippen LogP contribution in [0.1, 0.15) is 24.0 Å². The molecule has 0 heterocycles. The topological polar surface area (TPSA) is 0 Å². The second-order valence-electron chi connectivity index (χ2n) is 4.38. The molecule has 0 aromatic heterocycles. The van der Waals surface area contributed by atoms with Gasteiger partial charge in [-0.2, -0.15) is 0 Å². The van der Waals surface area contributed by atoms with Gasteiger partial charge in [-0.05, 0) is 0 Å². The van der Waals surface area contributed by atoms with E-state index in [-0.39, 0.29) is 0 Å². The fraction of sp³-hybridized carbons (Fsp3) is 0.125. The minimum atomic E-state index is 1.08. The van der Waals surface area contributed by atoms with Crippen LogP contribution >= 0.6 is 0 Å². The molecule has 0 N–H and O–H groups in total. The first kappa shape index (κ1) is 11.2. The molecule has 0 spiro atoms. The average Bonchev–Trinajstić information content (AvgIpc) is 3.02. The van der Waals surface area contributed by atoms with Crippen LogP contribution in [0.25, 0.3) is 11.1 Å². The maximum absolute atomic E-state index is 2.26. The van der Waals surface area contributed by atoms with Crippen LogP contribution < -0.4 is 3.27 Å². The maximum atomic E-state index is 2.26. The van der Waals surface area contributed by atoms with Crippen LogP contribution in [0.15, 0.2) is 54.7 Å². The molecular weight excluding hydrogens is 283 g/mol. The third-order valence-electron chi connectivity index (χ3n) is 3.27. The zero-order valence-electron chi connectivity index (χ0n) is 9.61. The molecule has 0 saturated carbocycles. The van der Waals surface area contributed by atoms with E-state index >= 15 is 0 Å². The Morgan fingerprint density at radius 2 is 1.59 bits per heavy atom. The Hall–Kier alpha value is -0.937. The van der Waals surface area contributed by atoms with Gasteiger partial charge >= 0.3 is 118 Å². The van der Waals surface area contributed by atoms with E-state index in [4.69, 9.17) is 0 Å². The SMILES string of the molecule is [Zr][c]1cccc(C2=CC=CC2)c1C1=CC=CC1. The summed E-state index contributed by atoms with van der Waals surface area (Å²) < 4.78 is 1.47. The van der Waals surface area contributed by atoms with Crippen molar-refractivity contribution < 1.29 is 24.7 Å². The Labute approximate surface area is 117 Å². The van der Waals surface area contributed by atoms with Gasteiger partial charge < -0.3 is 0 Å². The number of benzene rings is 1. The molecule has 2 aliphatic rings. The van der Waals surface area contributed by atoms with Crippen molar-refractivity contribution in [3.63, 3.8) is 0 Å². The van der Waals surface area contributed by atoms with Gasteiger partial charge in [0.2, 0.25) is 0 Å². The van der Waals surface area contributed by atoms with Crippen molar-refractivity contribution in [3.05, 3.63) is 65.8 Å². The summed E-state index contributed by atoms with van der Waals surface area (Å²) in [4.78, 5) is 0. The predicted molar refractivity (Wildman–Crippen MR) is 69.5 cm³/mol. The summed E-state index contributed by atoms with van der Waals surface area (Å²) in [5, 5.41) is 0. The third kappa shape index (κ3) is 2.09. The Kier molecular flexibility index (Phi) is 3.12. The molecule has 0 amide bonds. The van der Waals surface area contributed by atoms with Gasteiger partial charge in [-0.3, -0.25) is 0 Å². The molecule has 2 aliphatic carbocycles. The molecule has 0 bridgehead atoms. The fourth-order valence-electron chi connectivity index (χ4n) is 2.45. The van der Waals surface area contributed by atoms with E-state index in [1.165, 1.54) is 50.3 Å². The van der Waals surface area contributed by atoms with E-state index in [2.05, 4.69) is 54.7 Å². The standard InChI is InChI=1S/C16H13.Zr/c1-2-8-13(7-1)15-11-5-6-12-16(15)14-9-3-4-10-14;/h1-7,9,11H,8,10H2;. The molecule has 3 rings (SSSR count). The van der Waals surface area contributed by atoms with Crippen molar-refractivity contribution in [2.45, 2.75) is 12.8 Å². The Morgan fingerprint density at radius 1 is 0.882 bits per heavy atom. The van der Waals surface area contributed by atoms with Crippen molar-refractivity contribution >= 4 is 14.4 Å². The van der Waals surface area contributed by atoms with E-state index < -0.39 is 0 Å². The molecular formula is C16H13Zr. The summed E-state index contributed by atoms with van der Waals surface area (Å²) in [5.74, 6) is 0. The Bertz CT molecular complexity index is 571. The molecule has 0 unspecified atom stereocenters. The van der Waals surface area contributed by atoms with Gasteiger partial charge in [-0.15, -0.1) is 0 Å². The molecule has 17 heavy (non-hydrogen) atoms. The zero-order valence-corrected chi connectivity index (χ0v) is 12.1. The van der Waals surface area contributed by atoms with Crippen LogP contribution in [0.5, 0.6) is 0 Å². The van der Waals surface area contributed by atoms with Crippen molar-refractivity contribution in [1.82, 2.24) is 0 Å². The predicted octanol–water partition coefficient (Wildman–Crippen LogP) is 3.55. The van der Waals surface area contributed by atoms with Crippen molar-refractivity contribution in [3.8, 4) is 0 Å². The van der Waals surface area contributed by atoms with Crippen molar-refractivity contribution in [2.75, 3.05) is 0 Å². The number of rotatable bonds is 2. The Balaban J connectivity index is 2.12. The van der Waals surface area contributed by atoms with Crippen LogP contribution in [-0.2, 0) is 24.7 Å². The first-order valence-electron chi connectivity index (χ1n) is 5.93. The molecule has 0 atom stereocenters. The quantitative estimate of drug-likeness (QED) is 0.783. The van der Waals surface area contributed by atoms with Gasteiger partial charge in [0.1, 0.15) is 0 Å². The van der Waals surface area contributed by atoms with Crippen molar-refractivity contribution in [1.29, 1.82) is 0 Å². The fourth-order valence-corrected chi connectivity index (χ4v) is 3.41. The molecule has 0 nitrogen and oxygen atoms in total. The monoisotopic (exact) mass is 295 g/mol. The minimum absolute atomic E-state index is 1.08. The summed E-state index contributed by atoms with van der Waals surface area (Å²) >= 11 is 1.50. The van der Waals surface area contributed by atoms with E-state index in [0.717, 1.165) is 12.8 Å². The first-order chi connectivity index (χ1) is 8.36. The zero-order chi connectivity index (χ0) is 11.7. The second-order valence-corrected chi connectivity index (χ2v) is 5.70. The van der Waals surface area contributed by atoms with E-state index in [1.54, 1.807) is 0 Å². The molecule has 0 saturated heterocycles. The third-order valence-corrected chi connectivity index (χ3v) is 4.30. The molecule has 1 aromatic rings.